The highest BCUT2D eigenvalue weighted by molar-refractivity contribution is 7.84. The van der Waals surface area contributed by atoms with Gasteiger partial charge in [-0.1, -0.05) is 12.1 Å². The number of fused-ring (bicyclic) bond motifs is 1. The number of rotatable bonds is 14. The molecule has 5 rings (SSSR count). The largest absolute Gasteiger partial charge is 0.768 e. The average Bonchev–Trinajstić information content (AvgIpc) is 3.43. The van der Waals surface area contributed by atoms with Crippen molar-refractivity contribution in [3.8, 4) is 22.9 Å². The summed E-state index contributed by atoms with van der Waals surface area (Å²) in [6.45, 7) is 9.07. The number of hydrogen-bond acceptors (Lipinski definition) is 11. The van der Waals surface area contributed by atoms with Crippen LogP contribution in [0.25, 0.3) is 16.7 Å². The molecule has 1 aliphatic heterocycles. The van der Waals surface area contributed by atoms with Crippen molar-refractivity contribution in [2.45, 2.75) is 29.7 Å². The van der Waals surface area contributed by atoms with Gasteiger partial charge in [0.05, 0.1) is 79.0 Å². The zero-order chi connectivity index (χ0) is 31.9. The molecule has 12 nitrogen and oxygen atoms in total. The lowest BCUT2D eigenvalue weighted by Gasteiger charge is -2.26. The number of nitrogens with zero attached hydrogens (tertiary/aromatic N) is 4. The lowest BCUT2D eigenvalue weighted by atomic mass is 10.1. The van der Waals surface area contributed by atoms with E-state index in [1.54, 1.807) is 30.0 Å². The molecule has 1 fully saturated rings. The van der Waals surface area contributed by atoms with Gasteiger partial charge in [-0.25, -0.2) is 4.98 Å². The number of para-hydroxylation sites is 2. The Kier molecular flexibility index (Phi) is 11.2. The molecule has 2 aromatic heterocycles. The normalized spacial score (nSPS) is 15.2. The van der Waals surface area contributed by atoms with Gasteiger partial charge in [-0.3, -0.25) is 22.9 Å². The summed E-state index contributed by atoms with van der Waals surface area (Å²) >= 11 is -2.64. The minimum Gasteiger partial charge on any atom is -0.768 e. The SMILES string of the molecule is COc1cc(S(=O)[O-])c2nc(S(=O)Cc3ncc(C)c(OC)c3C)n(-c3ccccc3OCCOCCN3CCOCC3)c2c1. The van der Waals surface area contributed by atoms with Crippen molar-refractivity contribution in [3.05, 3.63) is 59.4 Å². The minimum absolute atomic E-state index is 0.0265. The summed E-state index contributed by atoms with van der Waals surface area (Å²) in [6.07, 6.45) is 1.68. The maximum Gasteiger partial charge on any atom is 0.205 e. The molecule has 14 heteroatoms. The second kappa shape index (κ2) is 15.3. The molecule has 0 saturated carbocycles. The van der Waals surface area contributed by atoms with Crippen LogP contribution in [0.15, 0.2) is 52.6 Å². The molecular weight excluding hydrogens is 620 g/mol. The van der Waals surface area contributed by atoms with Crippen LogP contribution in [0.3, 0.4) is 0 Å². The zero-order valence-corrected chi connectivity index (χ0v) is 27.4. The number of hydrogen-bond donors (Lipinski definition) is 0. The summed E-state index contributed by atoms with van der Waals surface area (Å²) in [7, 11) is 1.28. The molecule has 0 amide bonds. The molecule has 1 saturated heterocycles. The topological polar surface area (TPSA) is 137 Å². The molecule has 0 aliphatic carbocycles. The van der Waals surface area contributed by atoms with Crippen LogP contribution in [0.4, 0.5) is 0 Å². The Labute approximate surface area is 267 Å². The predicted molar refractivity (Wildman–Crippen MR) is 169 cm³/mol. The highest BCUT2D eigenvalue weighted by Gasteiger charge is 2.25. The first-order valence-electron chi connectivity index (χ1n) is 14.5. The lowest BCUT2D eigenvalue weighted by molar-refractivity contribution is 0.0170. The molecule has 0 N–H and O–H groups in total. The van der Waals surface area contributed by atoms with Crippen LogP contribution in [-0.2, 0) is 37.1 Å². The van der Waals surface area contributed by atoms with Crippen molar-refractivity contribution in [2.75, 3.05) is 66.9 Å². The van der Waals surface area contributed by atoms with Gasteiger partial charge in [0.1, 0.15) is 29.4 Å². The maximum absolute atomic E-state index is 14.1. The molecule has 242 valence electrons. The standard InChI is InChI=1S/C31H38N4O8S2/c1-21-19-32-24(22(2)30(21)40-4)20-44(36)31-33-29-26(17-23(39-3)18-28(29)45(37)38)35(31)25-7-5-6-8-27(25)43-16-15-42-14-11-34-9-12-41-13-10-34/h5-8,17-19H,9-16,20H2,1-4H3,(H,37,38)/p-1. The van der Waals surface area contributed by atoms with Crippen molar-refractivity contribution in [2.24, 2.45) is 0 Å². The third kappa shape index (κ3) is 7.54. The fourth-order valence-corrected chi connectivity index (χ4v) is 7.01. The second-order valence-electron chi connectivity index (χ2n) is 10.4. The zero-order valence-electron chi connectivity index (χ0n) is 25.8. The first-order chi connectivity index (χ1) is 21.8. The molecular formula is C31H37N4O8S2-. The summed E-state index contributed by atoms with van der Waals surface area (Å²) in [6, 6.07) is 10.3. The Morgan fingerprint density at radius 1 is 1.02 bits per heavy atom. The molecule has 4 aromatic rings. The number of ether oxygens (including phenoxy) is 5. The van der Waals surface area contributed by atoms with Crippen molar-refractivity contribution >= 4 is 32.9 Å². The van der Waals surface area contributed by atoms with Crippen molar-refractivity contribution in [1.29, 1.82) is 0 Å². The Hall–Kier alpha value is -3.40. The number of methoxy groups -OCH3 is 2. The van der Waals surface area contributed by atoms with Crippen LogP contribution < -0.4 is 14.2 Å². The van der Waals surface area contributed by atoms with Crippen LogP contribution in [0.2, 0.25) is 0 Å². The molecule has 0 bridgehead atoms. The summed E-state index contributed by atoms with van der Waals surface area (Å²) in [5.74, 6) is 1.50. The van der Waals surface area contributed by atoms with E-state index in [4.69, 9.17) is 23.7 Å². The van der Waals surface area contributed by atoms with Gasteiger partial charge in [-0.2, -0.15) is 0 Å². The fraction of sp³-hybridized carbons (Fsp3) is 0.419. The third-order valence-electron chi connectivity index (χ3n) is 7.55. The van der Waals surface area contributed by atoms with Gasteiger partial charge in [-0.05, 0) is 43.1 Å². The quantitative estimate of drug-likeness (QED) is 0.146. The van der Waals surface area contributed by atoms with Gasteiger partial charge in [-0.15, -0.1) is 0 Å². The lowest BCUT2D eigenvalue weighted by Crippen LogP contribution is -2.38. The van der Waals surface area contributed by atoms with Crippen LogP contribution >= 0.6 is 0 Å². The smallest absolute Gasteiger partial charge is 0.205 e. The number of morpholine rings is 1. The van der Waals surface area contributed by atoms with E-state index in [9.17, 15) is 13.0 Å². The first kappa shape index (κ1) is 33.0. The highest BCUT2D eigenvalue weighted by atomic mass is 32.2. The van der Waals surface area contributed by atoms with E-state index >= 15 is 0 Å². The van der Waals surface area contributed by atoms with Gasteiger partial charge in [0.25, 0.3) is 0 Å². The van der Waals surface area contributed by atoms with Crippen molar-refractivity contribution in [3.63, 3.8) is 0 Å². The highest BCUT2D eigenvalue weighted by Crippen LogP contribution is 2.35. The monoisotopic (exact) mass is 657 g/mol. The number of benzene rings is 2. The van der Waals surface area contributed by atoms with Crippen LogP contribution in [-0.4, -0.2) is 99.3 Å². The van der Waals surface area contributed by atoms with E-state index in [2.05, 4.69) is 14.9 Å². The van der Waals surface area contributed by atoms with Crippen LogP contribution in [0.5, 0.6) is 17.2 Å². The van der Waals surface area contributed by atoms with Gasteiger partial charge >= 0.3 is 0 Å². The Bertz CT molecular complexity index is 1690. The van der Waals surface area contributed by atoms with Crippen LogP contribution in [0.1, 0.15) is 16.8 Å². The van der Waals surface area contributed by atoms with Gasteiger partial charge in [0.15, 0.2) is 0 Å². The number of imidazole rings is 1. The molecule has 2 unspecified atom stereocenters. The summed E-state index contributed by atoms with van der Waals surface area (Å²) in [4.78, 5) is 11.4. The summed E-state index contributed by atoms with van der Waals surface area (Å²) in [5, 5.41) is 0.142. The molecule has 3 heterocycles. The van der Waals surface area contributed by atoms with Gasteiger partial charge in [0, 0.05) is 43.0 Å². The Morgan fingerprint density at radius 2 is 1.80 bits per heavy atom. The van der Waals surface area contributed by atoms with E-state index < -0.39 is 21.9 Å². The Balaban J connectivity index is 1.48. The molecule has 45 heavy (non-hydrogen) atoms. The Morgan fingerprint density at radius 3 is 2.53 bits per heavy atom. The van der Waals surface area contributed by atoms with Gasteiger partial charge < -0.3 is 28.2 Å². The molecule has 0 spiro atoms. The van der Waals surface area contributed by atoms with Gasteiger partial charge in [0.2, 0.25) is 5.16 Å². The molecule has 0 radical (unpaired) electrons. The second-order valence-corrected chi connectivity index (χ2v) is 12.6. The summed E-state index contributed by atoms with van der Waals surface area (Å²) < 4.78 is 68.7. The number of pyridine rings is 1. The fourth-order valence-electron chi connectivity index (χ4n) is 5.23. The molecule has 2 aromatic carbocycles. The van der Waals surface area contributed by atoms with E-state index in [-0.39, 0.29) is 27.9 Å². The molecule has 2 atom stereocenters. The van der Waals surface area contributed by atoms with E-state index in [0.29, 0.717) is 47.4 Å². The van der Waals surface area contributed by atoms with Crippen molar-refractivity contribution in [1.82, 2.24) is 19.4 Å². The van der Waals surface area contributed by atoms with E-state index in [0.717, 1.165) is 44.0 Å². The minimum atomic E-state index is -2.64. The molecule has 1 aliphatic rings. The first-order valence-corrected chi connectivity index (χ1v) is 16.9. The van der Waals surface area contributed by atoms with E-state index in [1.165, 1.54) is 13.2 Å². The number of aromatic nitrogens is 3. The third-order valence-corrected chi connectivity index (χ3v) is 9.44. The average molecular weight is 658 g/mol. The van der Waals surface area contributed by atoms with Crippen LogP contribution in [0, 0.1) is 13.8 Å². The number of aryl methyl sites for hydroxylation is 1. The summed E-state index contributed by atoms with van der Waals surface area (Å²) in [5.41, 5.74) is 3.33. The van der Waals surface area contributed by atoms with E-state index in [1.807, 2.05) is 32.0 Å². The maximum atomic E-state index is 14.1. The predicted octanol–water partition coefficient (Wildman–Crippen LogP) is 3.33. The van der Waals surface area contributed by atoms with Crippen molar-refractivity contribution < 1.29 is 36.7 Å².